The summed E-state index contributed by atoms with van der Waals surface area (Å²) < 4.78 is 3.57. The van der Waals surface area contributed by atoms with Crippen molar-refractivity contribution >= 4 is 22.6 Å². The summed E-state index contributed by atoms with van der Waals surface area (Å²) in [5.41, 5.74) is 2.86. The zero-order valence-electron chi connectivity index (χ0n) is 17.2. The van der Waals surface area contributed by atoms with E-state index < -0.39 is 5.97 Å². The Bertz CT molecular complexity index is 1240. The minimum Gasteiger partial charge on any atom is -0.481 e. The third-order valence-electron chi connectivity index (χ3n) is 5.62. The number of aliphatic carboxylic acids is 1. The number of carboxylic acids is 1. The molecule has 3 aromatic heterocycles. The van der Waals surface area contributed by atoms with Crippen LogP contribution >= 0.6 is 0 Å². The maximum atomic E-state index is 11.0. The van der Waals surface area contributed by atoms with Crippen molar-refractivity contribution in [3.63, 3.8) is 0 Å². The molecule has 0 spiro atoms. The molecule has 0 atom stereocenters. The van der Waals surface area contributed by atoms with Crippen molar-refractivity contribution in [2.45, 2.75) is 6.42 Å². The molecule has 0 unspecified atom stereocenters. The minimum absolute atomic E-state index is 0.0288. The number of carbonyl (C=O) groups is 1. The van der Waals surface area contributed by atoms with E-state index >= 15 is 0 Å². The van der Waals surface area contributed by atoms with Crippen molar-refractivity contribution in [1.29, 1.82) is 0 Å². The quantitative estimate of drug-likeness (QED) is 0.531. The second-order valence-electron chi connectivity index (χ2n) is 7.82. The molecule has 1 aromatic carbocycles. The molecule has 1 aliphatic heterocycles. The molecule has 1 fully saturated rings. The molecule has 0 saturated carbocycles. The van der Waals surface area contributed by atoms with E-state index in [0.29, 0.717) is 17.2 Å². The molecule has 1 N–H and O–H groups in total. The fourth-order valence-electron chi connectivity index (χ4n) is 3.89. The summed E-state index contributed by atoms with van der Waals surface area (Å²) in [6.07, 6.45) is 8.68. The zero-order valence-corrected chi connectivity index (χ0v) is 17.2. The van der Waals surface area contributed by atoms with Crippen molar-refractivity contribution in [1.82, 2.24) is 29.2 Å². The molecule has 1 aliphatic rings. The molecule has 1 saturated heterocycles. The normalized spacial score (nSPS) is 14.9. The van der Waals surface area contributed by atoms with Gasteiger partial charge in [0.05, 0.1) is 30.5 Å². The number of fused-ring (bicyclic) bond motifs is 1. The molecular formula is C22H23N7O2. The summed E-state index contributed by atoms with van der Waals surface area (Å²) in [5, 5.41) is 14.6. The first-order valence-corrected chi connectivity index (χ1v) is 10.2. The lowest BCUT2D eigenvalue weighted by molar-refractivity contribution is -0.136. The molecule has 0 aliphatic carbocycles. The number of benzene rings is 1. The van der Waals surface area contributed by atoms with Gasteiger partial charge in [-0.05, 0) is 36.9 Å². The molecule has 4 aromatic rings. The van der Waals surface area contributed by atoms with Crippen molar-refractivity contribution < 1.29 is 9.90 Å². The highest BCUT2D eigenvalue weighted by Crippen LogP contribution is 2.25. The second kappa shape index (κ2) is 7.84. The lowest BCUT2D eigenvalue weighted by atomic mass is 10.2. The maximum absolute atomic E-state index is 11.0. The first-order chi connectivity index (χ1) is 15.1. The number of piperazine rings is 1. The highest BCUT2D eigenvalue weighted by Gasteiger charge is 2.16. The predicted octanol–water partition coefficient (Wildman–Crippen LogP) is 1.99. The van der Waals surface area contributed by atoms with E-state index in [0.717, 1.165) is 37.1 Å². The van der Waals surface area contributed by atoms with Crippen LogP contribution < -0.4 is 4.90 Å². The first-order valence-electron chi connectivity index (χ1n) is 10.2. The third kappa shape index (κ3) is 3.87. The van der Waals surface area contributed by atoms with Crippen LogP contribution in [0.15, 0.2) is 55.2 Å². The number of hydrogen-bond acceptors (Lipinski definition) is 6. The van der Waals surface area contributed by atoms with E-state index in [2.05, 4.69) is 45.1 Å². The monoisotopic (exact) mass is 417 g/mol. The SMILES string of the molecule is CN1CCN(c2ccc3cnn(-c4cncc(-n5ccc(CC(=O)O)c5)n4)c3c2)CC1. The average Bonchev–Trinajstić information content (AvgIpc) is 3.40. The lowest BCUT2D eigenvalue weighted by Crippen LogP contribution is -2.44. The minimum atomic E-state index is -0.864. The second-order valence-corrected chi connectivity index (χ2v) is 7.82. The van der Waals surface area contributed by atoms with Gasteiger partial charge in [-0.3, -0.25) is 9.78 Å². The molecule has 9 nitrogen and oxygen atoms in total. The number of likely N-dealkylation sites (N-methyl/N-ethyl adjacent to an activating group) is 1. The number of carboxylic acid groups (broad SMARTS) is 1. The molecular weight excluding hydrogens is 394 g/mol. The fraction of sp³-hybridized carbons (Fsp3) is 0.273. The highest BCUT2D eigenvalue weighted by atomic mass is 16.4. The van der Waals surface area contributed by atoms with Gasteiger partial charge in [-0.25, -0.2) is 9.67 Å². The lowest BCUT2D eigenvalue weighted by Gasteiger charge is -2.34. The van der Waals surface area contributed by atoms with Gasteiger partial charge < -0.3 is 19.5 Å². The average molecular weight is 417 g/mol. The van der Waals surface area contributed by atoms with E-state index in [1.165, 1.54) is 5.69 Å². The third-order valence-corrected chi connectivity index (χ3v) is 5.62. The molecule has 0 radical (unpaired) electrons. The molecule has 0 amide bonds. The van der Waals surface area contributed by atoms with Crippen LogP contribution in [0.25, 0.3) is 22.5 Å². The molecule has 0 bridgehead atoms. The highest BCUT2D eigenvalue weighted by molar-refractivity contribution is 5.83. The summed E-state index contributed by atoms with van der Waals surface area (Å²) >= 11 is 0. The van der Waals surface area contributed by atoms with Crippen LogP contribution in [0, 0.1) is 0 Å². The number of rotatable bonds is 5. The summed E-state index contributed by atoms with van der Waals surface area (Å²) in [4.78, 5) is 24.7. The van der Waals surface area contributed by atoms with Crippen LogP contribution in [0.4, 0.5) is 5.69 Å². The first kappa shape index (κ1) is 19.3. The number of aromatic nitrogens is 5. The Hall–Kier alpha value is -3.72. The van der Waals surface area contributed by atoms with E-state index in [9.17, 15) is 4.79 Å². The van der Waals surface area contributed by atoms with Crippen LogP contribution in [-0.4, -0.2) is 73.5 Å². The van der Waals surface area contributed by atoms with E-state index in [1.54, 1.807) is 40.1 Å². The van der Waals surface area contributed by atoms with Crippen molar-refractivity contribution in [3.05, 3.63) is 60.8 Å². The van der Waals surface area contributed by atoms with Crippen molar-refractivity contribution in [3.8, 4) is 11.6 Å². The van der Waals surface area contributed by atoms with Gasteiger partial charge in [0.1, 0.15) is 0 Å². The predicted molar refractivity (Wildman–Crippen MR) is 117 cm³/mol. The summed E-state index contributed by atoms with van der Waals surface area (Å²) in [6, 6.07) is 8.16. The Kier molecular flexibility index (Phi) is 4.87. The Balaban J connectivity index is 1.48. The van der Waals surface area contributed by atoms with E-state index in [4.69, 9.17) is 10.1 Å². The summed E-state index contributed by atoms with van der Waals surface area (Å²) in [7, 11) is 2.15. The Morgan fingerprint density at radius 2 is 1.87 bits per heavy atom. The van der Waals surface area contributed by atoms with Gasteiger partial charge >= 0.3 is 5.97 Å². The topological polar surface area (TPSA) is 92.3 Å². The van der Waals surface area contributed by atoms with Crippen LogP contribution in [-0.2, 0) is 11.2 Å². The maximum Gasteiger partial charge on any atom is 0.307 e. The smallest absolute Gasteiger partial charge is 0.307 e. The van der Waals surface area contributed by atoms with Crippen LogP contribution in [0.5, 0.6) is 0 Å². The van der Waals surface area contributed by atoms with Crippen molar-refractivity contribution in [2.24, 2.45) is 0 Å². The molecule has 9 heteroatoms. The van der Waals surface area contributed by atoms with Crippen LogP contribution in [0.3, 0.4) is 0 Å². The van der Waals surface area contributed by atoms with E-state index in [-0.39, 0.29) is 6.42 Å². The molecule has 158 valence electrons. The summed E-state index contributed by atoms with van der Waals surface area (Å²) in [5.74, 6) is 0.348. The van der Waals surface area contributed by atoms with Gasteiger partial charge in [-0.1, -0.05) is 0 Å². The Labute approximate surface area is 179 Å². The van der Waals surface area contributed by atoms with Gasteiger partial charge in [-0.15, -0.1) is 0 Å². The molecule has 31 heavy (non-hydrogen) atoms. The summed E-state index contributed by atoms with van der Waals surface area (Å²) in [6.45, 7) is 4.09. The Morgan fingerprint density at radius 1 is 1.06 bits per heavy atom. The van der Waals surface area contributed by atoms with Crippen LogP contribution in [0.1, 0.15) is 5.56 Å². The number of hydrogen-bond donors (Lipinski definition) is 1. The van der Waals surface area contributed by atoms with E-state index in [1.807, 2.05) is 6.20 Å². The van der Waals surface area contributed by atoms with Gasteiger partial charge in [0.2, 0.25) is 0 Å². The van der Waals surface area contributed by atoms with Crippen molar-refractivity contribution in [2.75, 3.05) is 38.1 Å². The van der Waals surface area contributed by atoms with Gasteiger partial charge in [-0.2, -0.15) is 5.10 Å². The standard InChI is InChI=1S/C22H23N7O2/c1-26-6-8-27(9-7-26)18-3-2-17-12-24-29(19(17)11-18)21-14-23-13-20(25-21)28-5-4-16(15-28)10-22(30)31/h2-5,11-15H,6-10H2,1H3,(H,30,31). The molecule has 5 rings (SSSR count). The van der Waals surface area contributed by atoms with Crippen LogP contribution in [0.2, 0.25) is 0 Å². The van der Waals surface area contributed by atoms with Gasteiger partial charge in [0.25, 0.3) is 0 Å². The zero-order chi connectivity index (χ0) is 21.4. The number of nitrogens with zero attached hydrogens (tertiary/aromatic N) is 7. The molecule has 4 heterocycles. The number of anilines is 1. The largest absolute Gasteiger partial charge is 0.481 e. The van der Waals surface area contributed by atoms with Gasteiger partial charge in [0.15, 0.2) is 11.6 Å². The van der Waals surface area contributed by atoms with Gasteiger partial charge in [0, 0.05) is 49.6 Å². The fourth-order valence-corrected chi connectivity index (χ4v) is 3.89. The Morgan fingerprint density at radius 3 is 2.68 bits per heavy atom.